The Bertz CT molecular complexity index is 371. The van der Waals surface area contributed by atoms with Crippen LogP contribution in [0, 0.1) is 5.41 Å². The summed E-state index contributed by atoms with van der Waals surface area (Å²) in [7, 11) is 0. The van der Waals surface area contributed by atoms with E-state index in [-0.39, 0.29) is 11.3 Å². The molecule has 14 heavy (non-hydrogen) atoms. The van der Waals surface area contributed by atoms with Crippen LogP contribution in [-0.4, -0.2) is 5.91 Å². The molecule has 1 fully saturated rings. The quantitative estimate of drug-likeness (QED) is 0.883. The Morgan fingerprint density at radius 2 is 2.21 bits per heavy atom. The van der Waals surface area contributed by atoms with E-state index in [1.807, 2.05) is 24.3 Å². The normalized spacial score (nSPS) is 17.8. The number of carbonyl (C=O) groups excluding carboxylic acids is 1. The highest BCUT2D eigenvalue weighted by atomic mass is 79.9. The lowest BCUT2D eigenvalue weighted by Crippen LogP contribution is -2.26. The second kappa shape index (κ2) is 3.39. The van der Waals surface area contributed by atoms with Crippen molar-refractivity contribution in [3.8, 4) is 0 Å². The van der Waals surface area contributed by atoms with Crippen LogP contribution in [0.5, 0.6) is 0 Å². The lowest BCUT2D eigenvalue weighted by atomic mass is 9.96. The molecule has 1 aromatic carbocycles. The maximum atomic E-state index is 11.2. The van der Waals surface area contributed by atoms with Crippen LogP contribution >= 0.6 is 15.9 Å². The molecule has 1 amide bonds. The first-order valence-electron chi connectivity index (χ1n) is 4.67. The molecular formula is C11H12BrNO. The van der Waals surface area contributed by atoms with Gasteiger partial charge in [-0.1, -0.05) is 28.1 Å². The fourth-order valence-electron chi connectivity index (χ4n) is 1.70. The van der Waals surface area contributed by atoms with Crippen molar-refractivity contribution in [1.82, 2.24) is 0 Å². The molecule has 3 heteroatoms. The molecular weight excluding hydrogens is 242 g/mol. The molecule has 0 saturated heterocycles. The van der Waals surface area contributed by atoms with Gasteiger partial charge in [-0.05, 0) is 37.0 Å². The van der Waals surface area contributed by atoms with Crippen LogP contribution in [0.4, 0.5) is 0 Å². The van der Waals surface area contributed by atoms with E-state index in [0.29, 0.717) is 0 Å². The lowest BCUT2D eigenvalue weighted by Gasteiger charge is -2.10. The summed E-state index contributed by atoms with van der Waals surface area (Å²) in [4.78, 5) is 11.2. The number of halogens is 1. The summed E-state index contributed by atoms with van der Waals surface area (Å²) in [5, 5.41) is 0. The van der Waals surface area contributed by atoms with Crippen molar-refractivity contribution in [3.05, 3.63) is 34.3 Å². The smallest absolute Gasteiger partial charge is 0.223 e. The third-order valence-electron chi connectivity index (χ3n) is 2.81. The number of primary amides is 1. The molecule has 0 spiro atoms. The van der Waals surface area contributed by atoms with Crippen LogP contribution in [0.15, 0.2) is 28.7 Å². The molecule has 0 atom stereocenters. The predicted octanol–water partition coefficient (Wildman–Crippen LogP) is 2.26. The van der Waals surface area contributed by atoms with Crippen molar-refractivity contribution in [2.75, 3.05) is 0 Å². The van der Waals surface area contributed by atoms with Gasteiger partial charge >= 0.3 is 0 Å². The van der Waals surface area contributed by atoms with Crippen molar-refractivity contribution in [2.45, 2.75) is 19.3 Å². The molecule has 2 N–H and O–H groups in total. The van der Waals surface area contributed by atoms with Gasteiger partial charge in [0.2, 0.25) is 5.91 Å². The molecule has 0 radical (unpaired) electrons. The first-order chi connectivity index (χ1) is 6.62. The van der Waals surface area contributed by atoms with Crippen LogP contribution in [0.1, 0.15) is 18.4 Å². The number of nitrogens with two attached hydrogens (primary N) is 1. The Morgan fingerprint density at radius 3 is 2.71 bits per heavy atom. The van der Waals surface area contributed by atoms with Gasteiger partial charge in [0.15, 0.2) is 0 Å². The minimum atomic E-state index is -0.235. The first kappa shape index (κ1) is 9.71. The van der Waals surface area contributed by atoms with E-state index in [2.05, 4.69) is 15.9 Å². The fraction of sp³-hybridized carbons (Fsp3) is 0.364. The van der Waals surface area contributed by atoms with Gasteiger partial charge in [-0.3, -0.25) is 4.79 Å². The Morgan fingerprint density at radius 1 is 1.50 bits per heavy atom. The topological polar surface area (TPSA) is 43.1 Å². The zero-order valence-electron chi connectivity index (χ0n) is 7.79. The second-order valence-corrected chi connectivity index (χ2v) is 4.87. The monoisotopic (exact) mass is 253 g/mol. The predicted molar refractivity (Wildman–Crippen MR) is 58.7 cm³/mol. The SMILES string of the molecule is NC(=O)C1(Cc2cccc(Br)c2)CC1. The number of hydrogen-bond donors (Lipinski definition) is 1. The summed E-state index contributed by atoms with van der Waals surface area (Å²) in [5.41, 5.74) is 6.31. The molecule has 0 heterocycles. The van der Waals surface area contributed by atoms with Gasteiger partial charge in [-0.15, -0.1) is 0 Å². The number of benzene rings is 1. The second-order valence-electron chi connectivity index (χ2n) is 3.95. The molecule has 74 valence electrons. The summed E-state index contributed by atoms with van der Waals surface area (Å²) in [5.74, 6) is -0.155. The Kier molecular flexibility index (Phi) is 2.35. The van der Waals surface area contributed by atoms with E-state index in [9.17, 15) is 4.79 Å². The van der Waals surface area contributed by atoms with Gasteiger partial charge in [0.25, 0.3) is 0 Å². The van der Waals surface area contributed by atoms with E-state index >= 15 is 0 Å². The third kappa shape index (κ3) is 1.82. The summed E-state index contributed by atoms with van der Waals surface area (Å²) in [6.45, 7) is 0. The highest BCUT2D eigenvalue weighted by Gasteiger charge is 2.48. The van der Waals surface area contributed by atoms with Crippen molar-refractivity contribution in [2.24, 2.45) is 11.1 Å². The van der Waals surface area contributed by atoms with Crippen LogP contribution in [0.2, 0.25) is 0 Å². The third-order valence-corrected chi connectivity index (χ3v) is 3.30. The molecule has 1 saturated carbocycles. The highest BCUT2D eigenvalue weighted by Crippen LogP contribution is 2.48. The standard InChI is InChI=1S/C11H12BrNO/c12-9-3-1-2-8(6-9)7-11(4-5-11)10(13)14/h1-3,6H,4-5,7H2,(H2,13,14). The van der Waals surface area contributed by atoms with Crippen molar-refractivity contribution in [3.63, 3.8) is 0 Å². The zero-order chi connectivity index (χ0) is 10.2. The molecule has 1 aromatic rings. The first-order valence-corrected chi connectivity index (χ1v) is 5.46. The van der Waals surface area contributed by atoms with Crippen molar-refractivity contribution >= 4 is 21.8 Å². The summed E-state index contributed by atoms with van der Waals surface area (Å²) >= 11 is 3.41. The van der Waals surface area contributed by atoms with Crippen LogP contribution in [0.25, 0.3) is 0 Å². The fourth-order valence-corrected chi connectivity index (χ4v) is 2.15. The largest absolute Gasteiger partial charge is 0.369 e. The number of carbonyl (C=O) groups is 1. The van der Waals surface area contributed by atoms with Gasteiger partial charge in [0, 0.05) is 4.47 Å². The van der Waals surface area contributed by atoms with E-state index in [0.717, 1.165) is 23.7 Å². The van der Waals surface area contributed by atoms with Crippen LogP contribution < -0.4 is 5.73 Å². The van der Waals surface area contributed by atoms with Crippen LogP contribution in [-0.2, 0) is 11.2 Å². The average Bonchev–Trinajstić information content (AvgIpc) is 2.85. The molecule has 0 aliphatic heterocycles. The van der Waals surface area contributed by atoms with Gasteiger partial charge in [0.05, 0.1) is 5.41 Å². The number of amides is 1. The lowest BCUT2D eigenvalue weighted by molar-refractivity contribution is -0.123. The van der Waals surface area contributed by atoms with Crippen molar-refractivity contribution in [1.29, 1.82) is 0 Å². The summed E-state index contributed by atoms with van der Waals surface area (Å²) in [6, 6.07) is 8.04. The van der Waals surface area contributed by atoms with E-state index in [1.165, 1.54) is 5.56 Å². The van der Waals surface area contributed by atoms with Crippen molar-refractivity contribution < 1.29 is 4.79 Å². The minimum Gasteiger partial charge on any atom is -0.369 e. The Balaban J connectivity index is 2.15. The van der Waals surface area contributed by atoms with E-state index < -0.39 is 0 Å². The Hall–Kier alpha value is -0.830. The van der Waals surface area contributed by atoms with E-state index in [1.54, 1.807) is 0 Å². The molecule has 1 aliphatic carbocycles. The summed E-state index contributed by atoms with van der Waals surface area (Å²) in [6.07, 6.45) is 2.66. The number of hydrogen-bond acceptors (Lipinski definition) is 1. The number of rotatable bonds is 3. The molecule has 0 aromatic heterocycles. The molecule has 2 rings (SSSR count). The molecule has 2 nitrogen and oxygen atoms in total. The molecule has 0 unspecified atom stereocenters. The van der Waals surface area contributed by atoms with E-state index in [4.69, 9.17) is 5.73 Å². The Labute approximate surface area is 91.6 Å². The van der Waals surface area contributed by atoms with Crippen LogP contribution in [0.3, 0.4) is 0 Å². The maximum absolute atomic E-state index is 11.2. The molecule has 0 bridgehead atoms. The van der Waals surface area contributed by atoms with Gasteiger partial charge in [0.1, 0.15) is 0 Å². The van der Waals surface area contributed by atoms with Gasteiger partial charge in [-0.2, -0.15) is 0 Å². The zero-order valence-corrected chi connectivity index (χ0v) is 9.38. The average molecular weight is 254 g/mol. The van der Waals surface area contributed by atoms with Gasteiger partial charge in [-0.25, -0.2) is 0 Å². The highest BCUT2D eigenvalue weighted by molar-refractivity contribution is 9.10. The minimum absolute atomic E-state index is 0.155. The maximum Gasteiger partial charge on any atom is 0.223 e. The van der Waals surface area contributed by atoms with Gasteiger partial charge < -0.3 is 5.73 Å². The summed E-state index contributed by atoms with van der Waals surface area (Å²) < 4.78 is 1.05. The molecule has 1 aliphatic rings.